The average molecular weight is 498 g/mol. The molecule has 4 heterocycles. The number of nitrogens with zero attached hydrogens (tertiary/aromatic N) is 4. The lowest BCUT2D eigenvalue weighted by Gasteiger charge is -2.44. The molecular weight excluding hydrogens is 472 g/mol. The Balaban J connectivity index is 1.48. The van der Waals surface area contributed by atoms with Gasteiger partial charge in [-0.25, -0.2) is 9.36 Å². The largest absolute Gasteiger partial charge is 0.456 e. The van der Waals surface area contributed by atoms with Gasteiger partial charge in [0.15, 0.2) is 5.69 Å². The van der Waals surface area contributed by atoms with Crippen LogP contribution in [0.3, 0.4) is 0 Å². The number of hydrogen-bond acceptors (Lipinski definition) is 7. The summed E-state index contributed by atoms with van der Waals surface area (Å²) >= 11 is 1.55. The van der Waals surface area contributed by atoms with E-state index in [1.165, 1.54) is 29.2 Å². The van der Waals surface area contributed by atoms with Gasteiger partial charge in [-0.2, -0.15) is 4.40 Å². The molecule has 0 saturated carbocycles. The molecule has 3 atom stereocenters. The fourth-order valence-electron chi connectivity index (χ4n) is 4.94. The first-order chi connectivity index (χ1) is 16.6. The molecule has 0 spiro atoms. The van der Waals surface area contributed by atoms with E-state index in [0.717, 1.165) is 26.8 Å². The van der Waals surface area contributed by atoms with Gasteiger partial charge >= 0.3 is 5.97 Å². The number of aliphatic hydroxyl groups excluding tert-OH is 1. The summed E-state index contributed by atoms with van der Waals surface area (Å²) in [5.41, 5.74) is 2.59. The number of rotatable bonds is 6. The lowest BCUT2D eigenvalue weighted by molar-refractivity contribution is -0.516. The van der Waals surface area contributed by atoms with Crippen molar-refractivity contribution in [3.63, 3.8) is 0 Å². The molecule has 1 saturated heterocycles. The Kier molecular flexibility index (Phi) is 5.48. The predicted octanol–water partition coefficient (Wildman–Crippen LogP) is 2.42. The van der Waals surface area contributed by atoms with Crippen LogP contribution in [0.5, 0.6) is 0 Å². The topological polar surface area (TPSA) is 119 Å². The number of fused-ring (bicyclic) bond motifs is 2. The van der Waals surface area contributed by atoms with Gasteiger partial charge in [-0.05, 0) is 31.0 Å². The number of aromatic nitrogens is 2. The third-order valence-corrected chi connectivity index (χ3v) is 8.31. The summed E-state index contributed by atoms with van der Waals surface area (Å²) in [5.74, 6) is -0.432. The van der Waals surface area contributed by atoms with Gasteiger partial charge in [-0.15, -0.1) is 0 Å². The number of benzene rings is 1. The van der Waals surface area contributed by atoms with Crippen LogP contribution in [-0.2, 0) is 28.0 Å². The molecular formula is C24H25N4O6S+. The van der Waals surface area contributed by atoms with Crippen LogP contribution in [0.25, 0.3) is 10.4 Å². The van der Waals surface area contributed by atoms with Crippen molar-refractivity contribution < 1.29 is 28.8 Å². The fourth-order valence-corrected chi connectivity index (χ4v) is 6.18. The van der Waals surface area contributed by atoms with Gasteiger partial charge in [-0.1, -0.05) is 11.3 Å². The van der Waals surface area contributed by atoms with Crippen molar-refractivity contribution in [2.75, 3.05) is 0 Å². The van der Waals surface area contributed by atoms with Gasteiger partial charge in [0.25, 0.3) is 11.5 Å². The van der Waals surface area contributed by atoms with E-state index in [2.05, 4.69) is 8.97 Å². The molecule has 35 heavy (non-hydrogen) atoms. The number of carbonyl (C=O) groups excluding carboxylic acids is 2. The Hall–Kier alpha value is -3.57. The minimum Gasteiger partial charge on any atom is -0.456 e. The van der Waals surface area contributed by atoms with Crippen LogP contribution >= 0.6 is 11.3 Å². The Morgan fingerprint density at radius 3 is 2.63 bits per heavy atom. The molecule has 3 aromatic rings. The van der Waals surface area contributed by atoms with Crippen LogP contribution in [0.4, 0.5) is 5.69 Å². The van der Waals surface area contributed by atoms with Crippen LogP contribution in [0.15, 0.2) is 36.2 Å². The molecule has 0 bridgehead atoms. The van der Waals surface area contributed by atoms with Gasteiger partial charge in [0, 0.05) is 31.6 Å². The zero-order valence-electron chi connectivity index (χ0n) is 19.7. The molecule has 5 rings (SSSR count). The molecule has 0 aliphatic carbocycles. The van der Waals surface area contributed by atoms with E-state index >= 15 is 0 Å². The summed E-state index contributed by atoms with van der Waals surface area (Å²) in [6.45, 7) is 5.55. The summed E-state index contributed by atoms with van der Waals surface area (Å²) in [7, 11) is 2.00. The van der Waals surface area contributed by atoms with Gasteiger partial charge in [0.2, 0.25) is 10.7 Å². The lowest BCUT2D eigenvalue weighted by Crippen LogP contribution is -2.61. The molecule has 182 valence electrons. The van der Waals surface area contributed by atoms with Crippen molar-refractivity contribution in [2.24, 2.45) is 13.0 Å². The Bertz CT molecular complexity index is 1380. The first kappa shape index (κ1) is 23.2. The summed E-state index contributed by atoms with van der Waals surface area (Å²) in [6.07, 6.45) is 1.62. The second-order valence-electron chi connectivity index (χ2n) is 9.04. The average Bonchev–Trinajstić information content (AvgIpc) is 3.45. The van der Waals surface area contributed by atoms with E-state index in [1.54, 1.807) is 18.3 Å². The number of thiazole rings is 1. The normalized spacial score (nSPS) is 20.3. The number of nitro benzene ring substituents is 1. The Morgan fingerprint density at radius 1 is 1.34 bits per heavy atom. The smallest absolute Gasteiger partial charge is 0.355 e. The number of aliphatic hydroxyl groups is 1. The molecule has 2 aliphatic heterocycles. The number of aryl methyl sites for hydroxylation is 2. The number of ether oxygens (including phenoxy) is 1. The standard InChI is InChI=1S/C24H25N4O6S/c1-12-23-26(14(3)25(12)4)10-19(35-23)17-9-18-20(13(2)29)22(30)27(18)21(17)24(31)34-11-15-5-7-16(8-6-15)28(32)33/h5-8,10,13,18,20,29H,9,11H2,1-4H3/q+1/t13-,18-,20-/m1/s1. The van der Waals surface area contributed by atoms with Crippen molar-refractivity contribution in [2.45, 2.75) is 45.9 Å². The van der Waals surface area contributed by atoms with Crippen LogP contribution < -0.4 is 4.40 Å². The maximum Gasteiger partial charge on any atom is 0.355 e. The third-order valence-electron chi connectivity index (χ3n) is 7.05. The number of hydrogen-bond donors (Lipinski definition) is 1. The highest BCUT2D eigenvalue weighted by atomic mass is 32.1. The van der Waals surface area contributed by atoms with Crippen molar-refractivity contribution in [3.8, 4) is 0 Å². The van der Waals surface area contributed by atoms with E-state index in [1.807, 2.05) is 27.1 Å². The second-order valence-corrected chi connectivity index (χ2v) is 10.1. The summed E-state index contributed by atoms with van der Waals surface area (Å²) in [6, 6.07) is 5.48. The second kappa shape index (κ2) is 8.28. The van der Waals surface area contributed by atoms with Crippen LogP contribution in [0.1, 0.15) is 35.3 Å². The summed E-state index contributed by atoms with van der Waals surface area (Å²) in [5, 5.41) is 21.0. The van der Waals surface area contributed by atoms with E-state index in [4.69, 9.17) is 4.74 Å². The van der Waals surface area contributed by atoms with E-state index in [9.17, 15) is 24.8 Å². The molecule has 11 heteroatoms. The quantitative estimate of drug-likeness (QED) is 0.184. The number of esters is 1. The number of carbonyl (C=O) groups is 2. The monoisotopic (exact) mass is 497 g/mol. The maximum absolute atomic E-state index is 13.3. The number of β-lactam (4-membered cyclic amide) rings is 1. The highest BCUT2D eigenvalue weighted by Gasteiger charge is 2.57. The van der Waals surface area contributed by atoms with E-state index in [0.29, 0.717) is 12.0 Å². The van der Waals surface area contributed by atoms with Gasteiger partial charge in [0.05, 0.1) is 34.9 Å². The minimum atomic E-state index is -0.817. The van der Waals surface area contributed by atoms with Crippen molar-refractivity contribution >= 4 is 39.3 Å². The number of nitro groups is 1. The molecule has 1 N–H and O–H groups in total. The first-order valence-corrected chi connectivity index (χ1v) is 12.0. The number of non-ortho nitro benzene ring substituents is 1. The zero-order chi connectivity index (χ0) is 25.2. The highest BCUT2D eigenvalue weighted by molar-refractivity contribution is 7.18. The highest BCUT2D eigenvalue weighted by Crippen LogP contribution is 2.48. The number of amides is 1. The van der Waals surface area contributed by atoms with Gasteiger partial charge in [-0.3, -0.25) is 14.9 Å². The van der Waals surface area contributed by atoms with Gasteiger partial charge < -0.3 is 14.7 Å². The molecule has 10 nitrogen and oxygen atoms in total. The van der Waals surface area contributed by atoms with Gasteiger partial charge in [0.1, 0.15) is 18.5 Å². The zero-order valence-corrected chi connectivity index (χ0v) is 20.5. The van der Waals surface area contributed by atoms with Crippen LogP contribution in [0.2, 0.25) is 0 Å². The molecule has 2 aromatic heterocycles. The molecule has 2 aliphatic rings. The van der Waals surface area contributed by atoms with Crippen LogP contribution in [0, 0.1) is 29.9 Å². The van der Waals surface area contributed by atoms with Crippen molar-refractivity contribution in [1.82, 2.24) is 9.47 Å². The Labute approximate surface area is 204 Å². The molecule has 0 radical (unpaired) electrons. The third kappa shape index (κ3) is 3.53. The van der Waals surface area contributed by atoms with E-state index < -0.39 is 22.9 Å². The molecule has 0 unspecified atom stereocenters. The van der Waals surface area contributed by atoms with E-state index in [-0.39, 0.29) is 29.9 Å². The molecule has 1 fully saturated rings. The summed E-state index contributed by atoms with van der Waals surface area (Å²) in [4.78, 5) is 39.9. The minimum absolute atomic E-state index is 0.0490. The van der Waals surface area contributed by atoms with Crippen molar-refractivity contribution in [1.29, 1.82) is 0 Å². The number of imidazole rings is 1. The maximum atomic E-state index is 13.3. The Morgan fingerprint density at radius 2 is 2.03 bits per heavy atom. The predicted molar refractivity (Wildman–Crippen MR) is 126 cm³/mol. The molecule has 1 amide bonds. The molecule has 1 aromatic carbocycles. The van der Waals surface area contributed by atoms with Crippen molar-refractivity contribution in [3.05, 3.63) is 68.2 Å². The first-order valence-electron chi connectivity index (χ1n) is 11.2. The lowest BCUT2D eigenvalue weighted by atomic mass is 9.83. The summed E-state index contributed by atoms with van der Waals surface area (Å²) < 4.78 is 9.72. The fraction of sp³-hybridized carbons (Fsp3) is 0.375. The SMILES string of the molecule is Cc1c2sc(C3=C(C(=O)OCc4ccc([N+](=O)[O-])cc4)N4C(=O)[C@H]([C@@H](C)O)[C@H]4C3)c[n+]2c(C)n1C. The van der Waals surface area contributed by atoms with Crippen LogP contribution in [-0.4, -0.2) is 43.5 Å².